The molecule has 0 bridgehead atoms. The molecule has 3 amide bonds. The lowest BCUT2D eigenvalue weighted by Crippen LogP contribution is -2.19. The lowest BCUT2D eigenvalue weighted by molar-refractivity contribution is -0.114. The molecule has 0 aliphatic carbocycles. The average molecular weight is 297 g/mol. The molecule has 0 aliphatic rings. The van der Waals surface area contributed by atoms with Gasteiger partial charge in [-0.1, -0.05) is 17.7 Å². The van der Waals surface area contributed by atoms with Crippen LogP contribution in [0, 0.1) is 13.8 Å². The monoisotopic (exact) mass is 297 g/mol. The summed E-state index contributed by atoms with van der Waals surface area (Å²) in [6, 6.07) is 12.6. The van der Waals surface area contributed by atoms with Crippen molar-refractivity contribution in [3.8, 4) is 0 Å². The van der Waals surface area contributed by atoms with Crippen molar-refractivity contribution >= 4 is 29.0 Å². The number of amides is 3. The van der Waals surface area contributed by atoms with Crippen LogP contribution in [-0.4, -0.2) is 11.9 Å². The van der Waals surface area contributed by atoms with Crippen LogP contribution in [0.25, 0.3) is 0 Å². The zero-order chi connectivity index (χ0) is 16.1. The Labute approximate surface area is 129 Å². The summed E-state index contributed by atoms with van der Waals surface area (Å²) < 4.78 is 0. The van der Waals surface area contributed by atoms with Gasteiger partial charge in [-0.15, -0.1) is 0 Å². The molecular weight excluding hydrogens is 278 g/mol. The third-order valence-electron chi connectivity index (χ3n) is 3.10. The van der Waals surface area contributed by atoms with E-state index < -0.39 is 0 Å². The number of carbonyl (C=O) groups is 2. The zero-order valence-corrected chi connectivity index (χ0v) is 12.9. The van der Waals surface area contributed by atoms with Crippen molar-refractivity contribution in [2.45, 2.75) is 20.8 Å². The molecule has 0 radical (unpaired) electrons. The highest BCUT2D eigenvalue weighted by atomic mass is 16.2. The molecule has 0 heterocycles. The Morgan fingerprint density at radius 2 is 1.41 bits per heavy atom. The first kappa shape index (κ1) is 15.6. The highest BCUT2D eigenvalue weighted by molar-refractivity contribution is 6.00. The Morgan fingerprint density at radius 3 is 2.00 bits per heavy atom. The third kappa shape index (κ3) is 4.34. The largest absolute Gasteiger partial charge is 0.326 e. The number of anilines is 3. The second kappa shape index (κ2) is 6.76. The summed E-state index contributed by atoms with van der Waals surface area (Å²) in [6.45, 7) is 5.32. The molecule has 0 fully saturated rings. The lowest BCUT2D eigenvalue weighted by atomic mass is 10.1. The smallest absolute Gasteiger partial charge is 0.323 e. The maximum atomic E-state index is 11.9. The van der Waals surface area contributed by atoms with Gasteiger partial charge in [0.25, 0.3) is 0 Å². The van der Waals surface area contributed by atoms with Gasteiger partial charge in [0.1, 0.15) is 0 Å². The molecule has 2 rings (SSSR count). The van der Waals surface area contributed by atoms with E-state index in [9.17, 15) is 9.59 Å². The highest BCUT2D eigenvalue weighted by Gasteiger charge is 2.05. The molecule has 0 saturated heterocycles. The number of rotatable bonds is 3. The Hall–Kier alpha value is -2.82. The van der Waals surface area contributed by atoms with Gasteiger partial charge >= 0.3 is 6.03 Å². The minimum atomic E-state index is -0.310. The van der Waals surface area contributed by atoms with Gasteiger partial charge in [0, 0.05) is 24.0 Å². The van der Waals surface area contributed by atoms with Gasteiger partial charge in [-0.3, -0.25) is 4.79 Å². The predicted molar refractivity (Wildman–Crippen MR) is 89.3 cm³/mol. The molecule has 0 aromatic heterocycles. The number of urea groups is 1. The number of nitrogens with one attached hydrogen (secondary N) is 3. The van der Waals surface area contributed by atoms with Crippen molar-refractivity contribution in [1.82, 2.24) is 0 Å². The fourth-order valence-corrected chi connectivity index (χ4v) is 2.00. The topological polar surface area (TPSA) is 70.2 Å². The number of benzene rings is 2. The van der Waals surface area contributed by atoms with E-state index in [1.807, 2.05) is 38.1 Å². The Balaban J connectivity index is 2.01. The first-order valence-corrected chi connectivity index (χ1v) is 6.97. The summed E-state index contributed by atoms with van der Waals surface area (Å²) in [5, 5.41) is 8.26. The maximum Gasteiger partial charge on any atom is 0.323 e. The van der Waals surface area contributed by atoms with Crippen molar-refractivity contribution in [2.24, 2.45) is 0 Å². The minimum Gasteiger partial charge on any atom is -0.326 e. The number of hydrogen-bond acceptors (Lipinski definition) is 2. The van der Waals surface area contributed by atoms with Crippen LogP contribution in [0.15, 0.2) is 42.5 Å². The van der Waals surface area contributed by atoms with Gasteiger partial charge < -0.3 is 16.0 Å². The second-order valence-electron chi connectivity index (χ2n) is 5.16. The van der Waals surface area contributed by atoms with E-state index >= 15 is 0 Å². The van der Waals surface area contributed by atoms with Gasteiger partial charge in [-0.2, -0.15) is 0 Å². The van der Waals surface area contributed by atoms with Gasteiger partial charge in [-0.05, 0) is 49.7 Å². The van der Waals surface area contributed by atoms with Gasteiger partial charge in [0.15, 0.2) is 0 Å². The maximum absolute atomic E-state index is 11.9. The van der Waals surface area contributed by atoms with Crippen LogP contribution in [0.3, 0.4) is 0 Å². The molecule has 0 atom stereocenters. The summed E-state index contributed by atoms with van der Waals surface area (Å²) in [7, 11) is 0. The average Bonchev–Trinajstić information content (AvgIpc) is 2.44. The van der Waals surface area contributed by atoms with Crippen LogP contribution in [0.2, 0.25) is 0 Å². The van der Waals surface area contributed by atoms with Gasteiger partial charge in [-0.25, -0.2) is 4.79 Å². The Kier molecular flexibility index (Phi) is 4.78. The van der Waals surface area contributed by atoms with Crippen molar-refractivity contribution in [1.29, 1.82) is 0 Å². The van der Waals surface area contributed by atoms with E-state index in [1.165, 1.54) is 6.92 Å². The van der Waals surface area contributed by atoms with Crippen LogP contribution >= 0.6 is 0 Å². The summed E-state index contributed by atoms with van der Waals surface area (Å²) in [5.74, 6) is -0.124. The van der Waals surface area contributed by atoms with Crippen molar-refractivity contribution in [2.75, 3.05) is 16.0 Å². The summed E-state index contributed by atoms with van der Waals surface area (Å²) >= 11 is 0. The predicted octanol–water partition coefficient (Wildman–Crippen LogP) is 3.91. The molecular formula is C17H19N3O2. The number of hydrogen-bond donors (Lipinski definition) is 3. The SMILES string of the molecule is CC(=O)Nc1ccc(NC(=O)Nc2ccc(C)cc2)cc1C. The van der Waals surface area contributed by atoms with E-state index in [2.05, 4.69) is 16.0 Å². The van der Waals surface area contributed by atoms with Crippen molar-refractivity contribution < 1.29 is 9.59 Å². The van der Waals surface area contributed by atoms with Crippen LogP contribution in [0.5, 0.6) is 0 Å². The zero-order valence-electron chi connectivity index (χ0n) is 12.9. The molecule has 0 aliphatic heterocycles. The van der Waals surface area contributed by atoms with Gasteiger partial charge in [0.2, 0.25) is 5.91 Å². The van der Waals surface area contributed by atoms with E-state index in [1.54, 1.807) is 18.2 Å². The fraction of sp³-hybridized carbons (Fsp3) is 0.176. The molecule has 22 heavy (non-hydrogen) atoms. The van der Waals surface area contributed by atoms with E-state index in [-0.39, 0.29) is 11.9 Å². The van der Waals surface area contributed by atoms with E-state index in [4.69, 9.17) is 0 Å². The molecule has 2 aromatic carbocycles. The molecule has 0 saturated carbocycles. The van der Waals surface area contributed by atoms with Crippen LogP contribution < -0.4 is 16.0 Å². The molecule has 114 valence electrons. The van der Waals surface area contributed by atoms with Crippen LogP contribution in [0.4, 0.5) is 21.9 Å². The highest BCUT2D eigenvalue weighted by Crippen LogP contribution is 2.20. The molecule has 0 unspecified atom stereocenters. The summed E-state index contributed by atoms with van der Waals surface area (Å²) in [4.78, 5) is 23.0. The lowest BCUT2D eigenvalue weighted by Gasteiger charge is -2.11. The van der Waals surface area contributed by atoms with Crippen LogP contribution in [-0.2, 0) is 4.79 Å². The second-order valence-corrected chi connectivity index (χ2v) is 5.16. The first-order chi connectivity index (χ1) is 10.4. The van der Waals surface area contributed by atoms with Crippen molar-refractivity contribution in [3.05, 3.63) is 53.6 Å². The molecule has 2 aromatic rings. The molecule has 3 N–H and O–H groups in total. The minimum absolute atomic E-state index is 0.124. The van der Waals surface area contributed by atoms with Crippen LogP contribution in [0.1, 0.15) is 18.1 Å². The first-order valence-electron chi connectivity index (χ1n) is 6.97. The van der Waals surface area contributed by atoms with Gasteiger partial charge in [0.05, 0.1) is 0 Å². The standard InChI is InChI=1S/C17H19N3O2/c1-11-4-6-14(7-5-11)19-17(22)20-15-8-9-16(12(2)10-15)18-13(3)21/h4-10H,1-3H3,(H,18,21)(H2,19,20,22). The quantitative estimate of drug-likeness (QED) is 0.804. The van der Waals surface area contributed by atoms with E-state index in [0.717, 1.165) is 22.5 Å². The normalized spacial score (nSPS) is 9.95. The molecule has 0 spiro atoms. The fourth-order valence-electron chi connectivity index (χ4n) is 2.00. The Bertz CT molecular complexity index is 694. The summed E-state index contributed by atoms with van der Waals surface area (Å²) in [6.07, 6.45) is 0. The number of aryl methyl sites for hydroxylation is 2. The van der Waals surface area contributed by atoms with E-state index in [0.29, 0.717) is 5.69 Å². The number of carbonyl (C=O) groups excluding carboxylic acids is 2. The molecule has 5 heteroatoms. The summed E-state index contributed by atoms with van der Waals surface area (Å²) in [5.41, 5.74) is 4.14. The Morgan fingerprint density at radius 1 is 0.818 bits per heavy atom. The third-order valence-corrected chi connectivity index (χ3v) is 3.10. The van der Waals surface area contributed by atoms with Crippen molar-refractivity contribution in [3.63, 3.8) is 0 Å². The molecule has 5 nitrogen and oxygen atoms in total.